The van der Waals surface area contributed by atoms with E-state index in [4.69, 9.17) is 5.21 Å². The number of rotatable bonds is 2. The van der Waals surface area contributed by atoms with Gasteiger partial charge in [-0.1, -0.05) is 0 Å². The van der Waals surface area contributed by atoms with Gasteiger partial charge in [0.15, 0.2) is 0 Å². The molecule has 0 spiro atoms. The van der Waals surface area contributed by atoms with E-state index in [0.717, 1.165) is 6.21 Å². The van der Waals surface area contributed by atoms with Crippen molar-refractivity contribution in [1.29, 1.82) is 0 Å². The lowest BCUT2D eigenvalue weighted by Crippen LogP contribution is -1.88. The summed E-state index contributed by atoms with van der Waals surface area (Å²) in [5.41, 5.74) is 0. The summed E-state index contributed by atoms with van der Waals surface area (Å²) in [5.74, 6) is -0.00204. The van der Waals surface area contributed by atoms with Crippen molar-refractivity contribution in [1.82, 2.24) is 0 Å². The number of hydrogen-bond donors (Lipinski definition) is 1. The summed E-state index contributed by atoms with van der Waals surface area (Å²) in [6, 6.07) is 0. The number of carbonyl (C=O) groups excluding carboxylic acids is 1. The highest BCUT2D eigenvalue weighted by Crippen LogP contribution is 1.72. The van der Waals surface area contributed by atoms with E-state index in [1.807, 2.05) is 0 Å². The summed E-state index contributed by atoms with van der Waals surface area (Å²) in [6.45, 7) is 1.43. The first-order valence-corrected chi connectivity index (χ1v) is 1.92. The van der Waals surface area contributed by atoms with Gasteiger partial charge in [-0.2, -0.15) is 0 Å². The van der Waals surface area contributed by atoms with Crippen LogP contribution in [0.25, 0.3) is 0 Å². The van der Waals surface area contributed by atoms with E-state index in [1.54, 1.807) is 0 Å². The minimum atomic E-state index is -0.00204. The van der Waals surface area contributed by atoms with Gasteiger partial charge in [0.2, 0.25) is 0 Å². The van der Waals surface area contributed by atoms with Crippen LogP contribution in [-0.4, -0.2) is 17.2 Å². The molecule has 0 heterocycles. The lowest BCUT2D eigenvalue weighted by Gasteiger charge is -1.76. The Morgan fingerprint density at radius 2 is 2.57 bits per heavy atom. The molecule has 3 heteroatoms. The van der Waals surface area contributed by atoms with Crippen LogP contribution in [0.2, 0.25) is 0 Å². The Labute approximate surface area is 41.6 Å². The number of carbonyl (C=O) groups is 1. The summed E-state index contributed by atoms with van der Waals surface area (Å²) >= 11 is 0. The van der Waals surface area contributed by atoms with Crippen LogP contribution in [0.3, 0.4) is 0 Å². The quantitative estimate of drug-likeness (QED) is 0.311. The molecule has 1 N–H and O–H groups in total. The Balaban J connectivity index is 3.14. The topological polar surface area (TPSA) is 49.7 Å². The molecule has 0 rings (SSSR count). The minimum absolute atomic E-state index is 0.00204. The van der Waals surface area contributed by atoms with Crippen LogP contribution in [0.4, 0.5) is 0 Å². The van der Waals surface area contributed by atoms with Gasteiger partial charge in [0.05, 0.1) is 6.21 Å². The van der Waals surface area contributed by atoms with E-state index in [2.05, 4.69) is 5.16 Å². The molecule has 0 aliphatic rings. The molecule has 0 fully saturated rings. The lowest BCUT2D eigenvalue weighted by molar-refractivity contribution is -0.115. The van der Waals surface area contributed by atoms with Gasteiger partial charge in [0, 0.05) is 6.42 Å². The van der Waals surface area contributed by atoms with E-state index < -0.39 is 0 Å². The second-order valence-corrected chi connectivity index (χ2v) is 1.20. The molecule has 0 amide bonds. The number of nitrogens with zero attached hydrogens (tertiary/aromatic N) is 1. The standard InChI is InChI=1S/C4H7NO2/c1-4(6)2-3-5-7/h3,7H,2H2,1H3/b5-3+. The van der Waals surface area contributed by atoms with Gasteiger partial charge in [0.1, 0.15) is 5.78 Å². The number of ketones is 1. The molecule has 0 unspecified atom stereocenters. The first-order valence-electron chi connectivity index (χ1n) is 1.92. The highest BCUT2D eigenvalue weighted by molar-refractivity contribution is 5.89. The van der Waals surface area contributed by atoms with Gasteiger partial charge < -0.3 is 5.21 Å². The minimum Gasteiger partial charge on any atom is -0.411 e. The molecule has 0 atom stereocenters. The van der Waals surface area contributed by atoms with E-state index in [1.165, 1.54) is 6.92 Å². The van der Waals surface area contributed by atoms with Crippen molar-refractivity contribution in [2.75, 3.05) is 0 Å². The van der Waals surface area contributed by atoms with Crippen molar-refractivity contribution < 1.29 is 10.0 Å². The smallest absolute Gasteiger partial charge is 0.135 e. The fraction of sp³-hybridized carbons (Fsp3) is 0.500. The molecule has 0 aliphatic carbocycles. The average molecular weight is 101 g/mol. The van der Waals surface area contributed by atoms with Crippen LogP contribution in [0.15, 0.2) is 5.16 Å². The SMILES string of the molecule is CC(=O)C/C=N/O. The van der Waals surface area contributed by atoms with Crippen molar-refractivity contribution in [2.45, 2.75) is 13.3 Å². The second-order valence-electron chi connectivity index (χ2n) is 1.20. The third-order valence-electron chi connectivity index (χ3n) is 0.460. The molecule has 0 bridgehead atoms. The molecule has 0 aromatic carbocycles. The Hall–Kier alpha value is -0.860. The Morgan fingerprint density at radius 1 is 2.00 bits per heavy atom. The monoisotopic (exact) mass is 101 g/mol. The molecule has 3 nitrogen and oxygen atoms in total. The van der Waals surface area contributed by atoms with E-state index in [-0.39, 0.29) is 12.2 Å². The van der Waals surface area contributed by atoms with Crippen LogP contribution < -0.4 is 0 Å². The van der Waals surface area contributed by atoms with E-state index in [0.29, 0.717) is 0 Å². The third kappa shape index (κ3) is 5.14. The Kier molecular flexibility index (Phi) is 2.92. The number of Topliss-reactive ketones (excluding diaryl/α,β-unsaturated/α-hetero) is 1. The summed E-state index contributed by atoms with van der Waals surface area (Å²) in [6.07, 6.45) is 1.37. The molecular formula is C4H7NO2. The van der Waals surface area contributed by atoms with Crippen LogP contribution in [0, 0.1) is 0 Å². The van der Waals surface area contributed by atoms with E-state index in [9.17, 15) is 4.79 Å². The highest BCUT2D eigenvalue weighted by atomic mass is 16.4. The fourth-order valence-corrected chi connectivity index (χ4v) is 0.169. The third-order valence-corrected chi connectivity index (χ3v) is 0.460. The Morgan fingerprint density at radius 3 is 2.71 bits per heavy atom. The van der Waals surface area contributed by atoms with Gasteiger partial charge in [-0.25, -0.2) is 0 Å². The first-order chi connectivity index (χ1) is 3.27. The molecule has 0 saturated heterocycles. The van der Waals surface area contributed by atoms with Crippen molar-refractivity contribution in [3.05, 3.63) is 0 Å². The number of hydrogen-bond acceptors (Lipinski definition) is 3. The fourth-order valence-electron chi connectivity index (χ4n) is 0.169. The summed E-state index contributed by atoms with van der Waals surface area (Å²) in [5, 5.41) is 10.4. The largest absolute Gasteiger partial charge is 0.411 e. The van der Waals surface area contributed by atoms with Gasteiger partial charge in [-0.3, -0.25) is 4.79 Å². The van der Waals surface area contributed by atoms with Gasteiger partial charge >= 0.3 is 0 Å². The zero-order valence-electron chi connectivity index (χ0n) is 4.09. The zero-order chi connectivity index (χ0) is 5.70. The van der Waals surface area contributed by atoms with Crippen LogP contribution in [0.5, 0.6) is 0 Å². The molecule has 0 radical (unpaired) electrons. The first kappa shape index (κ1) is 6.14. The molecule has 40 valence electrons. The lowest BCUT2D eigenvalue weighted by atomic mass is 10.3. The van der Waals surface area contributed by atoms with Crippen molar-refractivity contribution >= 4 is 12.0 Å². The van der Waals surface area contributed by atoms with Crippen LogP contribution in [0.1, 0.15) is 13.3 Å². The predicted molar refractivity (Wildman–Crippen MR) is 25.6 cm³/mol. The molecule has 0 aliphatic heterocycles. The normalized spacial score (nSPS) is 9.86. The summed E-state index contributed by atoms with van der Waals surface area (Å²) < 4.78 is 0. The maximum absolute atomic E-state index is 10.0. The van der Waals surface area contributed by atoms with Crippen molar-refractivity contribution in [3.8, 4) is 0 Å². The molecule has 0 aromatic rings. The van der Waals surface area contributed by atoms with Crippen LogP contribution >= 0.6 is 0 Å². The van der Waals surface area contributed by atoms with Crippen LogP contribution in [-0.2, 0) is 4.79 Å². The number of oxime groups is 1. The maximum atomic E-state index is 10.0. The summed E-state index contributed by atoms with van der Waals surface area (Å²) in [7, 11) is 0. The molecule has 7 heavy (non-hydrogen) atoms. The van der Waals surface area contributed by atoms with Gasteiger partial charge in [-0.05, 0) is 6.92 Å². The molecular weight excluding hydrogens is 94.0 g/mol. The van der Waals surface area contributed by atoms with Gasteiger partial charge in [-0.15, -0.1) is 5.16 Å². The Bertz CT molecular complexity index is 87.7. The highest BCUT2D eigenvalue weighted by Gasteiger charge is 1.83. The van der Waals surface area contributed by atoms with E-state index >= 15 is 0 Å². The zero-order valence-corrected chi connectivity index (χ0v) is 4.09. The predicted octanol–water partition coefficient (Wildman–Crippen LogP) is 0.426. The van der Waals surface area contributed by atoms with Crippen molar-refractivity contribution in [3.63, 3.8) is 0 Å². The van der Waals surface area contributed by atoms with Gasteiger partial charge in [0.25, 0.3) is 0 Å². The maximum Gasteiger partial charge on any atom is 0.135 e. The molecule has 0 saturated carbocycles. The second kappa shape index (κ2) is 3.33. The summed E-state index contributed by atoms with van der Waals surface area (Å²) in [4.78, 5) is 10.0. The van der Waals surface area contributed by atoms with Crippen molar-refractivity contribution in [2.24, 2.45) is 5.16 Å². The molecule has 0 aromatic heterocycles. The average Bonchev–Trinajstić information content (AvgIpc) is 1.61.